The van der Waals surface area contributed by atoms with Crippen molar-refractivity contribution in [2.24, 2.45) is 5.92 Å². The van der Waals surface area contributed by atoms with E-state index < -0.39 is 11.7 Å². The monoisotopic (exact) mass is 346 g/mol. The summed E-state index contributed by atoms with van der Waals surface area (Å²) in [6.07, 6.45) is 4.35. The topological polar surface area (TPSA) is 90.5 Å². The summed E-state index contributed by atoms with van der Waals surface area (Å²) in [5, 5.41) is 2.92. The van der Waals surface area contributed by atoms with Crippen LogP contribution in [0.1, 0.15) is 32.6 Å². The number of amides is 1. The molecule has 1 saturated carbocycles. The van der Waals surface area contributed by atoms with Crippen LogP contribution in [0.3, 0.4) is 0 Å². The third kappa shape index (κ3) is 4.10. The van der Waals surface area contributed by atoms with Gasteiger partial charge in [0.05, 0.1) is 5.52 Å². The number of hydrogen-bond donors (Lipinski definition) is 1. The summed E-state index contributed by atoms with van der Waals surface area (Å²) in [4.78, 5) is 35.8. The number of carbonyl (C=O) groups is 2. The maximum absolute atomic E-state index is 12.0. The van der Waals surface area contributed by atoms with E-state index in [2.05, 4.69) is 12.2 Å². The van der Waals surface area contributed by atoms with Crippen molar-refractivity contribution in [3.05, 3.63) is 34.8 Å². The Bertz CT molecular complexity index is 822. The molecule has 0 unspecified atom stereocenters. The zero-order valence-corrected chi connectivity index (χ0v) is 14.2. The SMILES string of the molecule is C[C@H]1CCCC[C@@H]1NC(=O)COC(=O)Cn1c(=O)oc2ccccc21. The summed E-state index contributed by atoms with van der Waals surface area (Å²) >= 11 is 0. The van der Waals surface area contributed by atoms with Crippen molar-refractivity contribution in [3.8, 4) is 0 Å². The van der Waals surface area contributed by atoms with Crippen LogP contribution in [0.5, 0.6) is 0 Å². The highest BCUT2D eigenvalue weighted by molar-refractivity contribution is 5.81. The highest BCUT2D eigenvalue weighted by atomic mass is 16.5. The minimum Gasteiger partial charge on any atom is -0.454 e. The zero-order chi connectivity index (χ0) is 17.8. The second-order valence-electron chi connectivity index (χ2n) is 6.52. The largest absolute Gasteiger partial charge is 0.454 e. The van der Waals surface area contributed by atoms with Crippen LogP contribution in [-0.2, 0) is 20.9 Å². The van der Waals surface area contributed by atoms with Crippen LogP contribution in [0.4, 0.5) is 0 Å². The van der Waals surface area contributed by atoms with Crippen LogP contribution in [0.15, 0.2) is 33.5 Å². The molecule has 7 nitrogen and oxygen atoms in total. The van der Waals surface area contributed by atoms with Crippen molar-refractivity contribution in [2.45, 2.75) is 45.2 Å². The van der Waals surface area contributed by atoms with Gasteiger partial charge in [0.25, 0.3) is 5.91 Å². The predicted octanol–water partition coefficient (Wildman–Crippen LogP) is 1.83. The molecule has 1 amide bonds. The van der Waals surface area contributed by atoms with Gasteiger partial charge in [0, 0.05) is 6.04 Å². The van der Waals surface area contributed by atoms with Crippen LogP contribution >= 0.6 is 0 Å². The van der Waals surface area contributed by atoms with Gasteiger partial charge in [0.1, 0.15) is 6.54 Å². The Labute approximate surface area is 144 Å². The quantitative estimate of drug-likeness (QED) is 0.834. The fourth-order valence-corrected chi connectivity index (χ4v) is 3.26. The summed E-state index contributed by atoms with van der Waals surface area (Å²) < 4.78 is 11.3. The molecule has 1 aliphatic carbocycles. The van der Waals surface area contributed by atoms with E-state index in [0.29, 0.717) is 17.0 Å². The third-order valence-electron chi connectivity index (χ3n) is 4.68. The Balaban J connectivity index is 1.53. The molecule has 7 heteroatoms. The highest BCUT2D eigenvalue weighted by Crippen LogP contribution is 2.23. The van der Waals surface area contributed by atoms with Gasteiger partial charge >= 0.3 is 11.7 Å². The van der Waals surface area contributed by atoms with Crippen molar-refractivity contribution in [1.29, 1.82) is 0 Å². The number of aromatic nitrogens is 1. The molecule has 1 aromatic carbocycles. The third-order valence-corrected chi connectivity index (χ3v) is 4.68. The van der Waals surface area contributed by atoms with E-state index in [0.717, 1.165) is 19.3 Å². The molecule has 0 aliphatic heterocycles. The van der Waals surface area contributed by atoms with E-state index in [1.165, 1.54) is 11.0 Å². The molecule has 25 heavy (non-hydrogen) atoms. The number of ether oxygens (including phenoxy) is 1. The standard InChI is InChI=1S/C18H22N2O5/c1-12-6-2-3-7-13(12)19-16(21)11-24-17(22)10-20-14-8-4-5-9-15(14)25-18(20)23/h4-5,8-9,12-13H,2-3,6-7,10-11H2,1H3,(H,19,21)/t12-,13-/m0/s1. The van der Waals surface area contributed by atoms with Crippen molar-refractivity contribution in [2.75, 3.05) is 6.61 Å². The fourth-order valence-electron chi connectivity index (χ4n) is 3.26. The molecule has 0 saturated heterocycles. The van der Waals surface area contributed by atoms with Gasteiger partial charge in [-0.05, 0) is 30.9 Å². The smallest absolute Gasteiger partial charge is 0.420 e. The molecule has 1 aromatic heterocycles. The first-order valence-corrected chi connectivity index (χ1v) is 8.58. The number of esters is 1. The number of benzene rings is 1. The lowest BCUT2D eigenvalue weighted by Gasteiger charge is -2.29. The normalized spacial score (nSPS) is 20.4. The lowest BCUT2D eigenvalue weighted by atomic mass is 9.86. The number of para-hydroxylation sites is 2. The van der Waals surface area contributed by atoms with Crippen LogP contribution in [0.25, 0.3) is 11.1 Å². The second kappa shape index (κ2) is 7.55. The van der Waals surface area contributed by atoms with Gasteiger partial charge in [-0.15, -0.1) is 0 Å². The van der Waals surface area contributed by atoms with Crippen molar-refractivity contribution < 1.29 is 18.7 Å². The van der Waals surface area contributed by atoms with Gasteiger partial charge in [-0.25, -0.2) is 4.79 Å². The Morgan fingerprint density at radius 1 is 1.28 bits per heavy atom. The molecule has 1 fully saturated rings. The maximum atomic E-state index is 12.0. The molecule has 1 aliphatic rings. The maximum Gasteiger partial charge on any atom is 0.420 e. The van der Waals surface area contributed by atoms with E-state index in [1.54, 1.807) is 24.3 Å². The highest BCUT2D eigenvalue weighted by Gasteiger charge is 2.23. The Morgan fingerprint density at radius 2 is 2.04 bits per heavy atom. The summed E-state index contributed by atoms with van der Waals surface area (Å²) in [6, 6.07) is 6.96. The van der Waals surface area contributed by atoms with Crippen LogP contribution in [-0.4, -0.2) is 29.1 Å². The molecule has 3 rings (SSSR count). The van der Waals surface area contributed by atoms with Crippen LogP contribution < -0.4 is 11.1 Å². The number of fused-ring (bicyclic) bond motifs is 1. The Kier molecular flexibility index (Phi) is 5.21. The second-order valence-corrected chi connectivity index (χ2v) is 6.52. The predicted molar refractivity (Wildman–Crippen MR) is 91.0 cm³/mol. The number of nitrogens with zero attached hydrogens (tertiary/aromatic N) is 1. The van der Waals surface area contributed by atoms with E-state index >= 15 is 0 Å². The van der Waals surface area contributed by atoms with Gasteiger partial charge in [-0.1, -0.05) is 31.9 Å². The lowest BCUT2D eigenvalue weighted by Crippen LogP contribution is -2.43. The van der Waals surface area contributed by atoms with E-state index in [-0.39, 0.29) is 25.1 Å². The van der Waals surface area contributed by atoms with E-state index in [1.807, 2.05) is 0 Å². The summed E-state index contributed by atoms with van der Waals surface area (Å²) in [5.74, 6) is -1.15. The lowest BCUT2D eigenvalue weighted by molar-refractivity contribution is -0.149. The van der Waals surface area contributed by atoms with Crippen molar-refractivity contribution >= 4 is 23.0 Å². The van der Waals surface area contributed by atoms with Crippen molar-refractivity contribution in [3.63, 3.8) is 0 Å². The van der Waals surface area contributed by atoms with Gasteiger partial charge in [0.15, 0.2) is 12.2 Å². The summed E-state index contributed by atoms with van der Waals surface area (Å²) in [5.41, 5.74) is 0.925. The van der Waals surface area contributed by atoms with E-state index in [4.69, 9.17) is 9.15 Å². The molecule has 1 heterocycles. The van der Waals surface area contributed by atoms with Gasteiger partial charge in [-0.3, -0.25) is 14.2 Å². The Hall–Kier alpha value is -2.57. The average Bonchev–Trinajstić information content (AvgIpc) is 2.91. The fraction of sp³-hybridized carbons (Fsp3) is 0.500. The summed E-state index contributed by atoms with van der Waals surface area (Å²) in [7, 11) is 0. The molecule has 0 bridgehead atoms. The Morgan fingerprint density at radius 3 is 2.84 bits per heavy atom. The van der Waals surface area contributed by atoms with Crippen LogP contribution in [0.2, 0.25) is 0 Å². The number of carbonyl (C=O) groups excluding carboxylic acids is 2. The number of nitrogens with one attached hydrogen (secondary N) is 1. The van der Waals surface area contributed by atoms with Gasteiger partial charge < -0.3 is 14.5 Å². The number of rotatable bonds is 5. The first-order chi connectivity index (χ1) is 12.0. The molecule has 134 valence electrons. The first-order valence-electron chi connectivity index (χ1n) is 8.58. The van der Waals surface area contributed by atoms with Gasteiger partial charge in [-0.2, -0.15) is 0 Å². The zero-order valence-electron chi connectivity index (χ0n) is 14.2. The molecule has 1 N–H and O–H groups in total. The molecule has 2 atom stereocenters. The molecule has 0 radical (unpaired) electrons. The van der Waals surface area contributed by atoms with Crippen LogP contribution in [0, 0.1) is 5.92 Å². The number of hydrogen-bond acceptors (Lipinski definition) is 5. The minimum absolute atomic E-state index is 0.139. The van der Waals surface area contributed by atoms with Gasteiger partial charge in [0.2, 0.25) is 0 Å². The molecular weight excluding hydrogens is 324 g/mol. The molecule has 2 aromatic rings. The van der Waals surface area contributed by atoms with Crippen molar-refractivity contribution in [1.82, 2.24) is 9.88 Å². The molecular formula is C18H22N2O5. The molecule has 0 spiro atoms. The van der Waals surface area contributed by atoms with E-state index in [9.17, 15) is 14.4 Å². The summed E-state index contributed by atoms with van der Waals surface area (Å²) in [6.45, 7) is 1.49. The average molecular weight is 346 g/mol. The first kappa shape index (κ1) is 17.3. The minimum atomic E-state index is -0.652. The number of oxazole rings is 1.